The molecule has 2 aliphatic rings. The van der Waals surface area contributed by atoms with Gasteiger partial charge in [0, 0.05) is 71.1 Å². The minimum atomic E-state index is -0.0158. The van der Waals surface area contributed by atoms with E-state index in [0.717, 1.165) is 80.2 Å². The first-order chi connectivity index (χ1) is 16.6. The monoisotopic (exact) mass is 467 g/mol. The Labute approximate surface area is 202 Å². The van der Waals surface area contributed by atoms with Crippen molar-refractivity contribution in [1.29, 1.82) is 0 Å². The van der Waals surface area contributed by atoms with Gasteiger partial charge in [-0.1, -0.05) is 5.92 Å². The van der Waals surface area contributed by atoms with Crippen LogP contribution in [0.4, 0.5) is 11.4 Å². The van der Waals surface area contributed by atoms with Gasteiger partial charge in [-0.25, -0.2) is 4.98 Å². The van der Waals surface area contributed by atoms with E-state index in [1.165, 1.54) is 11.3 Å². The summed E-state index contributed by atoms with van der Waals surface area (Å²) in [4.78, 5) is 20.8. The number of piperazine rings is 1. The molecule has 1 fully saturated rings. The molecule has 0 spiro atoms. The van der Waals surface area contributed by atoms with Crippen LogP contribution in [0.2, 0.25) is 0 Å². The summed E-state index contributed by atoms with van der Waals surface area (Å²) in [7, 11) is 0. The van der Waals surface area contributed by atoms with Gasteiger partial charge in [0.15, 0.2) is 0 Å². The zero-order valence-corrected chi connectivity index (χ0v) is 19.8. The predicted molar refractivity (Wildman–Crippen MR) is 141 cm³/mol. The fraction of sp³-hybridized carbons (Fsp3) is 0.259. The van der Waals surface area contributed by atoms with Crippen molar-refractivity contribution in [3.63, 3.8) is 0 Å². The number of nitrogens with zero attached hydrogens (tertiary/aromatic N) is 2. The molecule has 4 aromatic rings. The highest BCUT2D eigenvalue weighted by molar-refractivity contribution is 7.21. The number of fused-ring (bicyclic) bond motifs is 5. The Hall–Kier alpha value is -3.60. The molecule has 0 unspecified atom stereocenters. The number of thiophene rings is 1. The second-order valence-electron chi connectivity index (χ2n) is 8.91. The highest BCUT2D eigenvalue weighted by Gasteiger charge is 2.25. The van der Waals surface area contributed by atoms with E-state index in [0.29, 0.717) is 6.54 Å². The smallest absolute Gasteiger partial charge is 0.263 e. The summed E-state index contributed by atoms with van der Waals surface area (Å²) in [6, 6.07) is 14.7. The maximum Gasteiger partial charge on any atom is 0.263 e. The van der Waals surface area contributed by atoms with Crippen LogP contribution in [0.25, 0.3) is 32.2 Å². The van der Waals surface area contributed by atoms with Crippen molar-refractivity contribution in [2.75, 3.05) is 42.9 Å². The standard InChI is InChI=1S/C27H25N5OS/c1-3-17-12-18(14-19(13-17)32-10-8-28-9-11-32)21-5-4-20-22(31-21)6-7-23-24(20)25-26(34-23)27(33)30-16(2)15-29-25/h1,4-7,12-14,16,28-29H,8-11,15H2,2H3,(H,30,33)/t16-/m1/s1. The number of amides is 1. The van der Waals surface area contributed by atoms with Crippen molar-refractivity contribution >= 4 is 49.6 Å². The third-order valence-electron chi connectivity index (χ3n) is 6.55. The number of carbonyl (C=O) groups is 1. The van der Waals surface area contributed by atoms with E-state index < -0.39 is 0 Å². The number of anilines is 2. The topological polar surface area (TPSA) is 69.3 Å². The Morgan fingerprint density at radius 3 is 2.82 bits per heavy atom. The first-order valence-electron chi connectivity index (χ1n) is 11.6. The zero-order chi connectivity index (χ0) is 23.2. The van der Waals surface area contributed by atoms with E-state index in [-0.39, 0.29) is 11.9 Å². The van der Waals surface area contributed by atoms with Gasteiger partial charge in [0.05, 0.1) is 16.9 Å². The molecule has 2 aliphatic heterocycles. The molecule has 1 amide bonds. The van der Waals surface area contributed by atoms with Gasteiger partial charge in [-0.3, -0.25) is 4.79 Å². The Kier molecular flexibility index (Phi) is 5.13. The van der Waals surface area contributed by atoms with Gasteiger partial charge in [0.2, 0.25) is 0 Å². The van der Waals surface area contributed by atoms with Crippen LogP contribution in [0.3, 0.4) is 0 Å². The molecule has 6 nitrogen and oxygen atoms in total. The average molecular weight is 468 g/mol. The van der Waals surface area contributed by atoms with Crippen molar-refractivity contribution in [3.05, 3.63) is 52.9 Å². The van der Waals surface area contributed by atoms with Crippen LogP contribution in [0.1, 0.15) is 22.2 Å². The second-order valence-corrected chi connectivity index (χ2v) is 9.97. The van der Waals surface area contributed by atoms with E-state index in [4.69, 9.17) is 11.4 Å². The van der Waals surface area contributed by atoms with Crippen LogP contribution < -0.4 is 20.9 Å². The first kappa shape index (κ1) is 21.0. The second kappa shape index (κ2) is 8.32. The fourth-order valence-corrected chi connectivity index (χ4v) is 5.93. The summed E-state index contributed by atoms with van der Waals surface area (Å²) < 4.78 is 1.08. The van der Waals surface area contributed by atoms with Crippen LogP contribution in [0.5, 0.6) is 0 Å². The van der Waals surface area contributed by atoms with Crippen LogP contribution in [-0.2, 0) is 0 Å². The van der Waals surface area contributed by atoms with Crippen molar-refractivity contribution < 1.29 is 4.79 Å². The molecule has 2 aromatic heterocycles. The minimum absolute atomic E-state index is 0.0158. The summed E-state index contributed by atoms with van der Waals surface area (Å²) in [5.41, 5.74) is 5.72. The SMILES string of the molecule is C#Cc1cc(-c2ccc3c(ccc4sc5c(c43)NC[C@@H](C)NC5=O)n2)cc(N2CCNCC2)c1. The Balaban J connectivity index is 1.47. The number of aromatic nitrogens is 1. The number of hydrogen-bond donors (Lipinski definition) is 3. The number of benzene rings is 2. The van der Waals surface area contributed by atoms with Crippen LogP contribution >= 0.6 is 11.3 Å². The summed E-state index contributed by atoms with van der Waals surface area (Å²) >= 11 is 1.53. The maximum absolute atomic E-state index is 12.7. The highest BCUT2D eigenvalue weighted by atomic mass is 32.1. The third-order valence-corrected chi connectivity index (χ3v) is 7.71. The van der Waals surface area contributed by atoms with E-state index >= 15 is 0 Å². The number of carbonyl (C=O) groups excluding carboxylic acids is 1. The lowest BCUT2D eigenvalue weighted by Gasteiger charge is -2.30. The molecule has 2 aromatic carbocycles. The van der Waals surface area contributed by atoms with Crippen molar-refractivity contribution in [1.82, 2.24) is 15.6 Å². The lowest BCUT2D eigenvalue weighted by Crippen LogP contribution is -2.43. The number of nitrogens with one attached hydrogen (secondary N) is 3. The largest absolute Gasteiger partial charge is 0.381 e. The van der Waals surface area contributed by atoms with E-state index in [1.807, 2.05) is 19.1 Å². The zero-order valence-electron chi connectivity index (χ0n) is 18.9. The van der Waals surface area contributed by atoms with Gasteiger partial charge >= 0.3 is 0 Å². The molecular formula is C27H25N5OS. The van der Waals surface area contributed by atoms with Crippen molar-refractivity contribution in [3.8, 4) is 23.6 Å². The molecule has 6 rings (SSSR count). The minimum Gasteiger partial charge on any atom is -0.381 e. The highest BCUT2D eigenvalue weighted by Crippen LogP contribution is 2.41. The van der Waals surface area contributed by atoms with Gasteiger partial charge in [0.1, 0.15) is 4.88 Å². The summed E-state index contributed by atoms with van der Waals surface area (Å²) in [5.74, 6) is 2.79. The van der Waals surface area contributed by atoms with Gasteiger partial charge in [-0.15, -0.1) is 17.8 Å². The number of hydrogen-bond acceptors (Lipinski definition) is 6. The molecular weight excluding hydrogens is 442 g/mol. The molecule has 3 N–H and O–H groups in total. The molecule has 0 radical (unpaired) electrons. The lowest BCUT2D eigenvalue weighted by atomic mass is 10.0. The molecule has 0 saturated carbocycles. The van der Waals surface area contributed by atoms with Crippen molar-refractivity contribution in [2.45, 2.75) is 13.0 Å². The number of terminal acetylenes is 1. The average Bonchev–Trinajstić information content (AvgIpc) is 3.20. The normalized spacial score (nSPS) is 18.2. The Morgan fingerprint density at radius 2 is 2.00 bits per heavy atom. The fourth-order valence-electron chi connectivity index (χ4n) is 4.83. The molecule has 1 saturated heterocycles. The lowest BCUT2D eigenvalue weighted by molar-refractivity contribution is 0.0949. The molecule has 7 heteroatoms. The number of rotatable bonds is 2. The molecule has 34 heavy (non-hydrogen) atoms. The van der Waals surface area contributed by atoms with Gasteiger partial charge in [-0.05, 0) is 49.4 Å². The third kappa shape index (κ3) is 3.56. The van der Waals surface area contributed by atoms with Gasteiger partial charge in [-0.2, -0.15) is 0 Å². The predicted octanol–water partition coefficient (Wildman–Crippen LogP) is 4.05. The molecule has 170 valence electrons. The summed E-state index contributed by atoms with van der Waals surface area (Å²) in [6.45, 7) is 6.55. The van der Waals surface area contributed by atoms with Crippen molar-refractivity contribution in [2.24, 2.45) is 0 Å². The van der Waals surface area contributed by atoms with Gasteiger partial charge < -0.3 is 20.9 Å². The van der Waals surface area contributed by atoms with E-state index in [1.54, 1.807) is 0 Å². The maximum atomic E-state index is 12.7. The Bertz CT molecular complexity index is 1480. The summed E-state index contributed by atoms with van der Waals surface area (Å²) in [6.07, 6.45) is 5.79. The molecule has 4 heterocycles. The van der Waals surface area contributed by atoms with E-state index in [2.05, 4.69) is 57.1 Å². The van der Waals surface area contributed by atoms with Crippen LogP contribution in [0, 0.1) is 12.3 Å². The number of pyridine rings is 1. The van der Waals surface area contributed by atoms with Gasteiger partial charge in [0.25, 0.3) is 5.91 Å². The first-order valence-corrected chi connectivity index (χ1v) is 12.4. The van der Waals surface area contributed by atoms with E-state index in [9.17, 15) is 4.79 Å². The molecule has 0 aliphatic carbocycles. The van der Waals surface area contributed by atoms with Crippen LogP contribution in [-0.4, -0.2) is 49.7 Å². The quantitative estimate of drug-likeness (QED) is 0.388. The molecule has 1 atom stereocenters. The summed E-state index contributed by atoms with van der Waals surface area (Å²) in [5, 5.41) is 12.1. The van der Waals surface area contributed by atoms with Crippen LogP contribution in [0.15, 0.2) is 42.5 Å². The molecule has 0 bridgehead atoms. The Morgan fingerprint density at radius 1 is 1.15 bits per heavy atom.